The number of hydrogen-bond donors (Lipinski definition) is 1. The number of nitrogens with one attached hydrogen (secondary N) is 1. The molecule has 1 atom stereocenters. The monoisotopic (exact) mass is 203 g/mol. The van der Waals surface area contributed by atoms with E-state index in [4.69, 9.17) is 0 Å². The number of benzene rings is 1. The molecule has 1 heteroatoms. The largest absolute Gasteiger partial charge is 0.312 e. The highest BCUT2D eigenvalue weighted by Crippen LogP contribution is 2.19. The first-order valence-corrected chi connectivity index (χ1v) is 6.17. The van der Waals surface area contributed by atoms with E-state index in [1.165, 1.54) is 37.8 Å². The molecule has 1 aromatic rings. The van der Waals surface area contributed by atoms with Gasteiger partial charge in [0.05, 0.1) is 0 Å². The van der Waals surface area contributed by atoms with Gasteiger partial charge in [-0.15, -0.1) is 0 Å². The van der Waals surface area contributed by atoms with Crippen LogP contribution in [-0.4, -0.2) is 6.54 Å². The molecule has 1 nitrogen and oxygen atoms in total. The summed E-state index contributed by atoms with van der Waals surface area (Å²) in [5.41, 5.74) is 3.04. The lowest BCUT2D eigenvalue weighted by molar-refractivity contribution is 0.404. The lowest BCUT2D eigenvalue weighted by atomic mass is 9.91. The summed E-state index contributed by atoms with van der Waals surface area (Å²) in [5.74, 6) is 0.878. The predicted octanol–water partition coefficient (Wildman–Crippen LogP) is 3.14. The molecule has 0 bridgehead atoms. The minimum Gasteiger partial charge on any atom is -0.312 e. The molecule has 1 N–H and O–H groups in total. The van der Waals surface area contributed by atoms with E-state index >= 15 is 0 Å². The van der Waals surface area contributed by atoms with Crippen molar-refractivity contribution in [3.8, 4) is 0 Å². The molecule has 2 rings (SSSR count). The molecule has 0 aromatic heterocycles. The second-order valence-corrected chi connectivity index (χ2v) is 4.59. The zero-order valence-corrected chi connectivity index (χ0v) is 9.63. The van der Waals surface area contributed by atoms with E-state index < -0.39 is 0 Å². The molecular weight excluding hydrogens is 182 g/mol. The summed E-state index contributed by atoms with van der Waals surface area (Å²) in [4.78, 5) is 0. The molecule has 0 aliphatic carbocycles. The summed E-state index contributed by atoms with van der Waals surface area (Å²) in [7, 11) is 0. The second kappa shape index (κ2) is 5.32. The Labute approximate surface area is 92.9 Å². The van der Waals surface area contributed by atoms with Crippen LogP contribution in [0.1, 0.15) is 37.3 Å². The van der Waals surface area contributed by atoms with E-state index in [1.54, 1.807) is 5.56 Å². The molecule has 1 aromatic carbocycles. The third kappa shape index (κ3) is 2.82. The summed E-state index contributed by atoms with van der Waals surface area (Å²) in [6.45, 7) is 4.53. The average Bonchev–Trinajstić information content (AvgIpc) is 2.23. The SMILES string of the molecule is CCCC1CCc2ccccc2CNC1. The van der Waals surface area contributed by atoms with Gasteiger partial charge in [0.2, 0.25) is 0 Å². The van der Waals surface area contributed by atoms with Gasteiger partial charge in [0.25, 0.3) is 0 Å². The Hall–Kier alpha value is -0.820. The fourth-order valence-corrected chi connectivity index (χ4v) is 2.50. The summed E-state index contributed by atoms with van der Waals surface area (Å²) >= 11 is 0. The van der Waals surface area contributed by atoms with Crippen LogP contribution in [0.2, 0.25) is 0 Å². The highest BCUT2D eigenvalue weighted by molar-refractivity contribution is 5.27. The van der Waals surface area contributed by atoms with Crippen molar-refractivity contribution in [3.05, 3.63) is 35.4 Å². The highest BCUT2D eigenvalue weighted by atomic mass is 14.9. The molecule has 0 radical (unpaired) electrons. The van der Waals surface area contributed by atoms with Crippen LogP contribution in [0.4, 0.5) is 0 Å². The predicted molar refractivity (Wildman–Crippen MR) is 64.9 cm³/mol. The number of rotatable bonds is 2. The number of aryl methyl sites for hydroxylation is 1. The third-order valence-electron chi connectivity index (χ3n) is 3.39. The van der Waals surface area contributed by atoms with Gasteiger partial charge in [-0.2, -0.15) is 0 Å². The molecule has 15 heavy (non-hydrogen) atoms. The van der Waals surface area contributed by atoms with Gasteiger partial charge in [0.1, 0.15) is 0 Å². The quantitative estimate of drug-likeness (QED) is 0.778. The molecule has 0 spiro atoms. The van der Waals surface area contributed by atoms with Crippen molar-refractivity contribution in [1.82, 2.24) is 5.32 Å². The first-order chi connectivity index (χ1) is 7.40. The van der Waals surface area contributed by atoms with Crippen LogP contribution in [-0.2, 0) is 13.0 Å². The van der Waals surface area contributed by atoms with E-state index in [1.807, 2.05) is 0 Å². The van der Waals surface area contributed by atoms with E-state index in [-0.39, 0.29) is 0 Å². The van der Waals surface area contributed by atoms with Crippen molar-refractivity contribution in [2.75, 3.05) is 6.54 Å². The van der Waals surface area contributed by atoms with Crippen LogP contribution in [0.25, 0.3) is 0 Å². The first-order valence-electron chi connectivity index (χ1n) is 6.17. The van der Waals surface area contributed by atoms with Gasteiger partial charge in [0, 0.05) is 6.54 Å². The fourth-order valence-electron chi connectivity index (χ4n) is 2.50. The Morgan fingerprint density at radius 3 is 2.87 bits per heavy atom. The molecule has 0 fully saturated rings. The van der Waals surface area contributed by atoms with Gasteiger partial charge in [-0.3, -0.25) is 0 Å². The standard InChI is InChI=1S/C14H21N/c1-2-5-12-8-9-13-6-3-4-7-14(13)11-15-10-12/h3-4,6-7,12,15H,2,5,8-11H2,1H3. The van der Waals surface area contributed by atoms with Crippen molar-refractivity contribution >= 4 is 0 Å². The van der Waals surface area contributed by atoms with Gasteiger partial charge >= 0.3 is 0 Å². The Morgan fingerprint density at radius 2 is 2.07 bits per heavy atom. The molecule has 1 heterocycles. The van der Waals surface area contributed by atoms with Gasteiger partial charge in [-0.1, -0.05) is 37.6 Å². The van der Waals surface area contributed by atoms with Crippen LogP contribution in [0, 0.1) is 5.92 Å². The maximum atomic E-state index is 3.58. The Balaban J connectivity index is 2.04. The average molecular weight is 203 g/mol. The van der Waals surface area contributed by atoms with Crippen molar-refractivity contribution in [2.24, 2.45) is 5.92 Å². The van der Waals surface area contributed by atoms with Crippen LogP contribution in [0.15, 0.2) is 24.3 Å². The van der Waals surface area contributed by atoms with Gasteiger partial charge in [-0.25, -0.2) is 0 Å². The van der Waals surface area contributed by atoms with Crippen molar-refractivity contribution < 1.29 is 0 Å². The van der Waals surface area contributed by atoms with Crippen molar-refractivity contribution in [3.63, 3.8) is 0 Å². The van der Waals surface area contributed by atoms with Crippen LogP contribution in [0.5, 0.6) is 0 Å². The Bertz CT molecular complexity index is 306. The topological polar surface area (TPSA) is 12.0 Å². The van der Waals surface area contributed by atoms with E-state index in [2.05, 4.69) is 36.5 Å². The summed E-state index contributed by atoms with van der Waals surface area (Å²) in [5, 5.41) is 3.58. The van der Waals surface area contributed by atoms with Crippen LogP contribution >= 0.6 is 0 Å². The molecule has 82 valence electrons. The first kappa shape index (κ1) is 10.7. The van der Waals surface area contributed by atoms with Crippen molar-refractivity contribution in [1.29, 1.82) is 0 Å². The maximum Gasteiger partial charge on any atom is 0.0208 e. The van der Waals surface area contributed by atoms with E-state index in [0.717, 1.165) is 12.5 Å². The fraction of sp³-hybridized carbons (Fsp3) is 0.571. The summed E-state index contributed by atoms with van der Waals surface area (Å²) in [6, 6.07) is 8.84. The van der Waals surface area contributed by atoms with Crippen molar-refractivity contribution in [2.45, 2.75) is 39.2 Å². The lowest BCUT2D eigenvalue weighted by Crippen LogP contribution is -2.25. The molecule has 0 saturated heterocycles. The van der Waals surface area contributed by atoms with Gasteiger partial charge in [-0.05, 0) is 42.9 Å². The molecule has 0 amide bonds. The summed E-state index contributed by atoms with van der Waals surface area (Å²) in [6.07, 6.45) is 5.30. The third-order valence-corrected chi connectivity index (χ3v) is 3.39. The zero-order valence-electron chi connectivity index (χ0n) is 9.63. The van der Waals surface area contributed by atoms with Gasteiger partial charge in [0.15, 0.2) is 0 Å². The maximum absolute atomic E-state index is 3.58. The molecule has 1 aliphatic rings. The van der Waals surface area contributed by atoms with Crippen LogP contribution < -0.4 is 5.32 Å². The lowest BCUT2D eigenvalue weighted by Gasteiger charge is -2.21. The summed E-state index contributed by atoms with van der Waals surface area (Å²) < 4.78 is 0. The van der Waals surface area contributed by atoms with E-state index in [0.29, 0.717) is 0 Å². The molecule has 1 unspecified atom stereocenters. The number of hydrogen-bond acceptors (Lipinski definition) is 1. The molecule has 1 aliphatic heterocycles. The minimum atomic E-state index is 0.878. The molecular formula is C14H21N. The Kier molecular flexibility index (Phi) is 3.79. The second-order valence-electron chi connectivity index (χ2n) is 4.59. The number of fused-ring (bicyclic) bond motifs is 1. The van der Waals surface area contributed by atoms with Gasteiger partial charge < -0.3 is 5.32 Å². The minimum absolute atomic E-state index is 0.878. The van der Waals surface area contributed by atoms with E-state index in [9.17, 15) is 0 Å². The zero-order chi connectivity index (χ0) is 10.5. The normalized spacial score (nSPS) is 21.5. The van der Waals surface area contributed by atoms with Crippen LogP contribution in [0.3, 0.4) is 0 Å². The molecule has 0 saturated carbocycles. The smallest absolute Gasteiger partial charge is 0.0208 e. The Morgan fingerprint density at radius 1 is 1.27 bits per heavy atom. The highest BCUT2D eigenvalue weighted by Gasteiger charge is 2.12.